The Balaban J connectivity index is 1.69. The monoisotopic (exact) mass is 411 g/mol. The minimum atomic E-state index is -0.500. The topological polar surface area (TPSA) is 83.5 Å². The maximum absolute atomic E-state index is 12.6. The summed E-state index contributed by atoms with van der Waals surface area (Å²) in [7, 11) is 0. The molecular weight excluding hydrogens is 386 g/mol. The maximum Gasteiger partial charge on any atom is 0.319 e. The molecule has 1 atom stereocenters. The number of amides is 2. The van der Waals surface area contributed by atoms with Gasteiger partial charge in [0.1, 0.15) is 11.5 Å². The number of pyridine rings is 1. The first-order valence-electron chi connectivity index (χ1n) is 9.29. The fourth-order valence-corrected chi connectivity index (χ4v) is 3.86. The van der Waals surface area contributed by atoms with Gasteiger partial charge in [0.25, 0.3) is 0 Å². The number of carbonyl (C=O) groups is 1. The second-order valence-corrected chi connectivity index (χ2v) is 8.44. The van der Waals surface area contributed by atoms with Crippen LogP contribution in [0.3, 0.4) is 0 Å². The molecule has 0 bridgehead atoms. The Morgan fingerprint density at radius 2 is 2.10 bits per heavy atom. The van der Waals surface area contributed by atoms with Crippen molar-refractivity contribution in [1.82, 2.24) is 10.3 Å². The third-order valence-electron chi connectivity index (χ3n) is 4.59. The summed E-state index contributed by atoms with van der Waals surface area (Å²) in [4.78, 5) is 17.7. The van der Waals surface area contributed by atoms with Gasteiger partial charge in [-0.1, -0.05) is 19.9 Å². The average Bonchev–Trinajstić information content (AvgIpc) is 3.23. The summed E-state index contributed by atoms with van der Waals surface area (Å²) in [5, 5.41) is 17.6. The molecule has 6 nitrogen and oxygen atoms in total. The third kappa shape index (κ3) is 5.34. The number of carbonyl (C=O) groups excluding carboxylic acids is 1. The fraction of sp³-hybridized carbons (Fsp3) is 0.273. The summed E-state index contributed by atoms with van der Waals surface area (Å²) in [6, 6.07) is 12.4. The van der Waals surface area contributed by atoms with Crippen LogP contribution >= 0.6 is 11.3 Å². The number of urea groups is 1. The van der Waals surface area contributed by atoms with Crippen LogP contribution in [0.5, 0.6) is 11.5 Å². The molecular formula is C22H25N3O3S. The van der Waals surface area contributed by atoms with E-state index in [0.29, 0.717) is 17.2 Å². The van der Waals surface area contributed by atoms with E-state index < -0.39 is 5.41 Å². The van der Waals surface area contributed by atoms with E-state index in [1.54, 1.807) is 29.8 Å². The van der Waals surface area contributed by atoms with E-state index in [2.05, 4.69) is 15.6 Å². The molecule has 3 aromatic rings. The molecule has 0 spiro atoms. The number of thiophene rings is 1. The predicted octanol–water partition coefficient (Wildman–Crippen LogP) is 5.13. The molecule has 2 amide bonds. The summed E-state index contributed by atoms with van der Waals surface area (Å²) >= 11 is 1.55. The lowest BCUT2D eigenvalue weighted by molar-refractivity contribution is 0.121. The second-order valence-electron chi connectivity index (χ2n) is 7.46. The number of nitrogens with one attached hydrogen (secondary N) is 2. The van der Waals surface area contributed by atoms with E-state index in [1.807, 2.05) is 62.5 Å². The van der Waals surface area contributed by atoms with Gasteiger partial charge in [-0.3, -0.25) is 4.98 Å². The number of rotatable bonds is 7. The SMILES string of the molecule is Cc1cc(NC(=O)NC(c2cccs2)C(C)(C)CO)ccc1Oc1cccnc1. The average molecular weight is 412 g/mol. The molecule has 0 fully saturated rings. The van der Waals surface area contributed by atoms with E-state index in [4.69, 9.17) is 4.74 Å². The Labute approximate surface area is 174 Å². The normalized spacial score (nSPS) is 12.3. The molecule has 2 aromatic heterocycles. The zero-order valence-electron chi connectivity index (χ0n) is 16.7. The number of hydrogen-bond acceptors (Lipinski definition) is 5. The quantitative estimate of drug-likeness (QED) is 0.503. The van der Waals surface area contributed by atoms with Crippen LogP contribution in [0.2, 0.25) is 0 Å². The van der Waals surface area contributed by atoms with E-state index in [0.717, 1.165) is 10.4 Å². The molecule has 152 valence electrons. The number of aryl methyl sites for hydroxylation is 1. The van der Waals surface area contributed by atoms with Crippen LogP contribution in [0.4, 0.5) is 10.5 Å². The molecule has 29 heavy (non-hydrogen) atoms. The second kappa shape index (κ2) is 9.07. The van der Waals surface area contributed by atoms with Crippen molar-refractivity contribution in [3.05, 3.63) is 70.7 Å². The number of ether oxygens (including phenoxy) is 1. The van der Waals surface area contributed by atoms with Gasteiger partial charge in [0.2, 0.25) is 0 Å². The van der Waals surface area contributed by atoms with E-state index >= 15 is 0 Å². The minimum absolute atomic E-state index is 0.0463. The largest absolute Gasteiger partial charge is 0.455 e. The van der Waals surface area contributed by atoms with Crippen LogP contribution in [-0.4, -0.2) is 22.7 Å². The molecule has 7 heteroatoms. The molecule has 2 heterocycles. The fourth-order valence-electron chi connectivity index (χ4n) is 2.87. The molecule has 1 aromatic carbocycles. The molecule has 0 radical (unpaired) electrons. The van der Waals surface area contributed by atoms with Gasteiger partial charge < -0.3 is 20.5 Å². The number of nitrogens with zero attached hydrogens (tertiary/aromatic N) is 1. The van der Waals surface area contributed by atoms with Crippen LogP contribution in [0.1, 0.15) is 30.3 Å². The number of aliphatic hydroxyl groups excluding tert-OH is 1. The van der Waals surface area contributed by atoms with E-state index in [1.165, 1.54) is 0 Å². The molecule has 3 N–H and O–H groups in total. The molecule has 0 aliphatic rings. The van der Waals surface area contributed by atoms with Gasteiger partial charge in [0.05, 0.1) is 18.8 Å². The van der Waals surface area contributed by atoms with Gasteiger partial charge in [-0.25, -0.2) is 4.79 Å². The zero-order valence-corrected chi connectivity index (χ0v) is 17.5. The number of aromatic nitrogens is 1. The first kappa shape index (κ1) is 20.8. The van der Waals surface area contributed by atoms with Crippen LogP contribution < -0.4 is 15.4 Å². The van der Waals surface area contributed by atoms with Gasteiger partial charge in [-0.2, -0.15) is 0 Å². The number of hydrogen-bond donors (Lipinski definition) is 3. The van der Waals surface area contributed by atoms with Crippen molar-refractivity contribution in [3.8, 4) is 11.5 Å². The van der Waals surface area contributed by atoms with Crippen LogP contribution in [0.25, 0.3) is 0 Å². The molecule has 1 unspecified atom stereocenters. The summed E-state index contributed by atoms with van der Waals surface area (Å²) in [5.41, 5.74) is 1.04. The van der Waals surface area contributed by atoms with Crippen LogP contribution in [0, 0.1) is 12.3 Å². The molecule has 3 rings (SSSR count). The van der Waals surface area contributed by atoms with Crippen molar-refractivity contribution in [3.63, 3.8) is 0 Å². The first-order chi connectivity index (χ1) is 13.9. The highest BCUT2D eigenvalue weighted by Crippen LogP contribution is 2.35. The van der Waals surface area contributed by atoms with Gasteiger partial charge in [-0.05, 0) is 54.3 Å². The third-order valence-corrected chi connectivity index (χ3v) is 5.52. The van der Waals surface area contributed by atoms with Gasteiger partial charge >= 0.3 is 6.03 Å². The van der Waals surface area contributed by atoms with Crippen molar-refractivity contribution < 1.29 is 14.6 Å². The maximum atomic E-state index is 12.6. The molecule has 0 saturated heterocycles. The Kier molecular flexibility index (Phi) is 6.51. The summed E-state index contributed by atoms with van der Waals surface area (Å²) < 4.78 is 5.82. The summed E-state index contributed by atoms with van der Waals surface area (Å²) in [6.07, 6.45) is 3.33. The highest BCUT2D eigenvalue weighted by molar-refractivity contribution is 7.10. The first-order valence-corrected chi connectivity index (χ1v) is 10.2. The standard InChI is InChI=1S/C22H25N3O3S/c1-15-12-16(8-9-18(15)28-17-6-4-10-23-13-17)24-21(27)25-20(22(2,3)14-26)19-7-5-11-29-19/h4-13,20,26H,14H2,1-3H3,(H2,24,25,27). The van der Waals surface area contributed by atoms with E-state index in [9.17, 15) is 9.90 Å². The van der Waals surface area contributed by atoms with Crippen LogP contribution in [0.15, 0.2) is 60.2 Å². The Morgan fingerprint density at radius 3 is 2.72 bits per heavy atom. The minimum Gasteiger partial charge on any atom is -0.455 e. The lowest BCUT2D eigenvalue weighted by atomic mass is 9.84. The van der Waals surface area contributed by atoms with Crippen molar-refractivity contribution >= 4 is 23.1 Å². The zero-order chi connectivity index (χ0) is 20.9. The van der Waals surface area contributed by atoms with Gasteiger partial charge in [0, 0.05) is 22.2 Å². The Morgan fingerprint density at radius 1 is 1.28 bits per heavy atom. The van der Waals surface area contributed by atoms with Crippen LogP contribution in [-0.2, 0) is 0 Å². The number of anilines is 1. The van der Waals surface area contributed by atoms with Crippen molar-refractivity contribution in [2.24, 2.45) is 5.41 Å². The summed E-state index contributed by atoms with van der Waals surface area (Å²) in [6.45, 7) is 5.71. The van der Waals surface area contributed by atoms with Crippen molar-refractivity contribution in [2.75, 3.05) is 11.9 Å². The predicted molar refractivity (Wildman–Crippen MR) is 116 cm³/mol. The molecule has 0 aliphatic carbocycles. The van der Waals surface area contributed by atoms with E-state index in [-0.39, 0.29) is 18.7 Å². The molecule has 0 aliphatic heterocycles. The molecule has 0 saturated carbocycles. The number of benzene rings is 1. The highest BCUT2D eigenvalue weighted by atomic mass is 32.1. The highest BCUT2D eigenvalue weighted by Gasteiger charge is 2.32. The Hall–Kier alpha value is -2.90. The van der Waals surface area contributed by atoms with Crippen molar-refractivity contribution in [1.29, 1.82) is 0 Å². The van der Waals surface area contributed by atoms with Gasteiger partial charge in [0.15, 0.2) is 0 Å². The lowest BCUT2D eigenvalue weighted by Crippen LogP contribution is -2.41. The number of aliphatic hydroxyl groups is 1. The van der Waals surface area contributed by atoms with Crippen molar-refractivity contribution in [2.45, 2.75) is 26.8 Å². The van der Waals surface area contributed by atoms with Gasteiger partial charge in [-0.15, -0.1) is 11.3 Å². The summed E-state index contributed by atoms with van der Waals surface area (Å²) in [5.74, 6) is 1.35. The Bertz CT molecular complexity index is 943. The smallest absolute Gasteiger partial charge is 0.319 e. The lowest BCUT2D eigenvalue weighted by Gasteiger charge is -2.32.